The van der Waals surface area contributed by atoms with E-state index in [0.29, 0.717) is 12.8 Å². The SMILES string of the molecule is CC(CCC(=O)NC1CCCCC1)Oc1cccc(C(C)O)c1[N+](=O)[O-]. The van der Waals surface area contributed by atoms with Crippen LogP contribution in [-0.4, -0.2) is 28.1 Å². The van der Waals surface area contributed by atoms with Gasteiger partial charge in [-0.15, -0.1) is 0 Å². The lowest BCUT2D eigenvalue weighted by molar-refractivity contribution is -0.387. The molecule has 0 aromatic heterocycles. The van der Waals surface area contributed by atoms with Gasteiger partial charge in [-0.1, -0.05) is 25.3 Å². The maximum atomic E-state index is 12.1. The Morgan fingerprint density at radius 1 is 1.35 bits per heavy atom. The fraction of sp³-hybridized carbons (Fsp3) is 0.632. The number of rotatable bonds is 8. The Hall–Kier alpha value is -2.15. The third-order valence-corrected chi connectivity index (χ3v) is 4.74. The van der Waals surface area contributed by atoms with Crippen LogP contribution in [0.4, 0.5) is 5.69 Å². The van der Waals surface area contributed by atoms with E-state index in [1.54, 1.807) is 13.0 Å². The Morgan fingerprint density at radius 2 is 2.04 bits per heavy atom. The van der Waals surface area contributed by atoms with E-state index in [9.17, 15) is 20.0 Å². The predicted molar refractivity (Wildman–Crippen MR) is 98.1 cm³/mol. The second-order valence-corrected chi connectivity index (χ2v) is 7.00. The summed E-state index contributed by atoms with van der Waals surface area (Å²) in [6.45, 7) is 3.26. The number of amides is 1. The number of nitrogens with zero attached hydrogens (tertiary/aromatic N) is 1. The molecule has 0 aliphatic heterocycles. The first-order chi connectivity index (χ1) is 12.4. The average molecular weight is 364 g/mol. The first-order valence-corrected chi connectivity index (χ1v) is 9.30. The fourth-order valence-electron chi connectivity index (χ4n) is 3.32. The van der Waals surface area contributed by atoms with Crippen LogP contribution in [-0.2, 0) is 4.79 Å². The van der Waals surface area contributed by atoms with Gasteiger partial charge < -0.3 is 15.2 Å². The zero-order valence-corrected chi connectivity index (χ0v) is 15.4. The second kappa shape index (κ2) is 9.52. The molecule has 2 rings (SSSR count). The van der Waals surface area contributed by atoms with Crippen molar-refractivity contribution in [3.8, 4) is 5.75 Å². The molecule has 1 aromatic rings. The predicted octanol–water partition coefficient (Wildman–Crippen LogP) is 3.64. The van der Waals surface area contributed by atoms with Crippen LogP contribution in [0.3, 0.4) is 0 Å². The number of carbonyl (C=O) groups is 1. The van der Waals surface area contributed by atoms with Crippen molar-refractivity contribution < 1.29 is 19.6 Å². The molecule has 1 aliphatic rings. The third-order valence-electron chi connectivity index (χ3n) is 4.74. The van der Waals surface area contributed by atoms with Gasteiger partial charge in [0.05, 0.1) is 22.7 Å². The van der Waals surface area contributed by atoms with Crippen LogP contribution < -0.4 is 10.1 Å². The van der Waals surface area contributed by atoms with E-state index in [0.717, 1.165) is 25.7 Å². The summed E-state index contributed by atoms with van der Waals surface area (Å²) >= 11 is 0. The van der Waals surface area contributed by atoms with Gasteiger partial charge in [-0.05, 0) is 45.2 Å². The summed E-state index contributed by atoms with van der Waals surface area (Å²) in [4.78, 5) is 22.9. The van der Waals surface area contributed by atoms with Gasteiger partial charge in [0.15, 0.2) is 5.75 Å². The first kappa shape index (κ1) is 20.2. The number of ether oxygens (including phenoxy) is 1. The number of benzene rings is 1. The summed E-state index contributed by atoms with van der Waals surface area (Å²) in [7, 11) is 0. The summed E-state index contributed by atoms with van der Waals surface area (Å²) in [6, 6.07) is 4.92. The van der Waals surface area contributed by atoms with Crippen molar-refractivity contribution in [2.24, 2.45) is 0 Å². The van der Waals surface area contributed by atoms with E-state index in [1.165, 1.54) is 25.5 Å². The van der Waals surface area contributed by atoms with Crippen molar-refractivity contribution in [1.82, 2.24) is 5.32 Å². The summed E-state index contributed by atoms with van der Waals surface area (Å²) in [5, 5.41) is 24.2. The maximum Gasteiger partial charge on any atom is 0.316 e. The molecule has 2 unspecified atom stereocenters. The van der Waals surface area contributed by atoms with Gasteiger partial charge in [-0.2, -0.15) is 0 Å². The Morgan fingerprint density at radius 3 is 2.65 bits per heavy atom. The zero-order valence-electron chi connectivity index (χ0n) is 15.4. The van der Waals surface area contributed by atoms with Gasteiger partial charge in [0, 0.05) is 12.5 Å². The topological polar surface area (TPSA) is 102 Å². The average Bonchev–Trinajstić information content (AvgIpc) is 2.60. The molecule has 7 nitrogen and oxygen atoms in total. The van der Waals surface area contributed by atoms with Crippen molar-refractivity contribution in [3.05, 3.63) is 33.9 Å². The zero-order chi connectivity index (χ0) is 19.1. The standard InChI is InChI=1S/C19H28N2O5/c1-13(11-12-18(23)20-15-7-4-3-5-8-15)26-17-10-6-9-16(14(2)22)19(17)21(24)25/h6,9-10,13-15,22H,3-5,7-8,11-12H2,1-2H3,(H,20,23). The largest absolute Gasteiger partial charge is 0.484 e. The molecule has 144 valence electrons. The molecule has 2 atom stereocenters. The van der Waals surface area contributed by atoms with Crippen LogP contribution in [0.1, 0.15) is 70.5 Å². The molecular formula is C19H28N2O5. The quantitative estimate of drug-likeness (QED) is 0.541. The number of hydrogen-bond acceptors (Lipinski definition) is 5. The molecule has 26 heavy (non-hydrogen) atoms. The van der Waals surface area contributed by atoms with Crippen LogP contribution in [0, 0.1) is 10.1 Å². The molecule has 0 bridgehead atoms. The molecule has 0 saturated heterocycles. The highest BCUT2D eigenvalue weighted by Gasteiger charge is 2.25. The van der Waals surface area contributed by atoms with Crippen molar-refractivity contribution in [2.75, 3.05) is 0 Å². The van der Waals surface area contributed by atoms with Gasteiger partial charge in [0.25, 0.3) is 0 Å². The highest BCUT2D eigenvalue weighted by Crippen LogP contribution is 2.35. The summed E-state index contributed by atoms with van der Waals surface area (Å²) < 4.78 is 5.71. The Kier molecular flexibility index (Phi) is 7.38. The Balaban J connectivity index is 1.91. The highest BCUT2D eigenvalue weighted by atomic mass is 16.6. The van der Waals surface area contributed by atoms with Gasteiger partial charge in [-0.3, -0.25) is 14.9 Å². The number of nitro groups is 1. The van der Waals surface area contributed by atoms with E-state index in [2.05, 4.69) is 5.32 Å². The lowest BCUT2D eigenvalue weighted by Gasteiger charge is -2.23. The molecule has 1 aliphatic carbocycles. The minimum absolute atomic E-state index is 0.000388. The van der Waals surface area contributed by atoms with Gasteiger partial charge in [0.2, 0.25) is 5.91 Å². The van der Waals surface area contributed by atoms with Crippen LogP contribution in [0.25, 0.3) is 0 Å². The number of aliphatic hydroxyl groups is 1. The number of hydrogen-bond donors (Lipinski definition) is 2. The van der Waals surface area contributed by atoms with Crippen molar-refractivity contribution in [1.29, 1.82) is 0 Å². The molecule has 7 heteroatoms. The van der Waals surface area contributed by atoms with Crippen molar-refractivity contribution >= 4 is 11.6 Å². The van der Waals surface area contributed by atoms with Crippen LogP contribution in [0.15, 0.2) is 18.2 Å². The van der Waals surface area contributed by atoms with E-state index >= 15 is 0 Å². The van der Waals surface area contributed by atoms with Gasteiger partial charge >= 0.3 is 5.69 Å². The lowest BCUT2D eigenvalue weighted by atomic mass is 9.95. The molecule has 1 saturated carbocycles. The van der Waals surface area contributed by atoms with Crippen LogP contribution in [0.5, 0.6) is 5.75 Å². The number of aliphatic hydroxyl groups excluding tert-OH is 1. The first-order valence-electron chi connectivity index (χ1n) is 9.30. The van der Waals surface area contributed by atoms with Crippen LogP contribution in [0.2, 0.25) is 0 Å². The molecule has 2 N–H and O–H groups in total. The van der Waals surface area contributed by atoms with E-state index in [4.69, 9.17) is 4.74 Å². The molecule has 1 fully saturated rings. The summed E-state index contributed by atoms with van der Waals surface area (Å²) in [6.07, 6.45) is 5.11. The third kappa shape index (κ3) is 5.69. The van der Waals surface area contributed by atoms with E-state index in [-0.39, 0.29) is 35.1 Å². The fourth-order valence-corrected chi connectivity index (χ4v) is 3.32. The molecular weight excluding hydrogens is 336 g/mol. The molecule has 0 spiro atoms. The van der Waals surface area contributed by atoms with Crippen molar-refractivity contribution in [3.63, 3.8) is 0 Å². The summed E-state index contributed by atoms with van der Waals surface area (Å²) in [5.41, 5.74) is -0.00394. The maximum absolute atomic E-state index is 12.1. The van der Waals surface area contributed by atoms with E-state index in [1.807, 2.05) is 0 Å². The highest BCUT2D eigenvalue weighted by molar-refractivity contribution is 5.76. The number of nitrogens with one attached hydrogen (secondary N) is 1. The molecule has 1 aromatic carbocycles. The number of carbonyl (C=O) groups excluding carboxylic acids is 1. The monoisotopic (exact) mass is 364 g/mol. The lowest BCUT2D eigenvalue weighted by Crippen LogP contribution is -2.36. The Labute approximate surface area is 153 Å². The normalized spacial score (nSPS) is 17.3. The van der Waals surface area contributed by atoms with Gasteiger partial charge in [0.1, 0.15) is 0 Å². The molecule has 0 radical (unpaired) electrons. The minimum Gasteiger partial charge on any atom is -0.484 e. The summed E-state index contributed by atoms with van der Waals surface area (Å²) in [5.74, 6) is 0.119. The van der Waals surface area contributed by atoms with Gasteiger partial charge in [-0.25, -0.2) is 0 Å². The molecule has 0 heterocycles. The van der Waals surface area contributed by atoms with Crippen molar-refractivity contribution in [2.45, 2.75) is 77.0 Å². The van der Waals surface area contributed by atoms with Crippen LogP contribution >= 0.6 is 0 Å². The van der Waals surface area contributed by atoms with E-state index < -0.39 is 11.0 Å². The minimum atomic E-state index is -0.962. The molecule has 1 amide bonds. The number of nitro benzene ring substituents is 1. The second-order valence-electron chi connectivity index (χ2n) is 7.00. The smallest absolute Gasteiger partial charge is 0.316 e. The number of para-hydroxylation sites is 1. The Bertz CT molecular complexity index is 626.